The summed E-state index contributed by atoms with van der Waals surface area (Å²) in [5, 5.41) is 6.61. The van der Waals surface area contributed by atoms with E-state index in [1.165, 1.54) is 4.68 Å². The topological polar surface area (TPSA) is 29.9 Å². The van der Waals surface area contributed by atoms with Crippen molar-refractivity contribution in [2.24, 2.45) is 0 Å². The molecule has 19 heavy (non-hydrogen) atoms. The minimum Gasteiger partial charge on any atom is -0.316 e. The van der Waals surface area contributed by atoms with Gasteiger partial charge in [0.2, 0.25) is 0 Å². The number of rotatable bonds is 3. The molecule has 0 aliphatic carbocycles. The second-order valence-corrected chi connectivity index (χ2v) is 4.28. The molecule has 0 bridgehead atoms. The number of benzene rings is 1. The van der Waals surface area contributed by atoms with Gasteiger partial charge in [-0.3, -0.25) is 0 Å². The minimum absolute atomic E-state index is 0.452. The second-order valence-electron chi connectivity index (χ2n) is 4.28. The Bertz CT molecular complexity index is 556. The van der Waals surface area contributed by atoms with Crippen molar-refractivity contribution in [3.05, 3.63) is 47.3 Å². The Hall–Kier alpha value is -1.82. The lowest BCUT2D eigenvalue weighted by atomic mass is 10.2. The minimum atomic E-state index is -4.41. The summed E-state index contributed by atoms with van der Waals surface area (Å²) in [4.78, 5) is 0. The molecular formula is C13H14F3N3. The van der Waals surface area contributed by atoms with Gasteiger partial charge in [0.15, 0.2) is 5.69 Å². The van der Waals surface area contributed by atoms with Crippen LogP contribution in [0.1, 0.15) is 17.0 Å². The van der Waals surface area contributed by atoms with E-state index in [2.05, 4.69) is 10.4 Å². The van der Waals surface area contributed by atoms with Crippen molar-refractivity contribution in [2.45, 2.75) is 19.6 Å². The maximum absolute atomic E-state index is 12.6. The van der Waals surface area contributed by atoms with Crippen LogP contribution < -0.4 is 5.32 Å². The van der Waals surface area contributed by atoms with Crippen molar-refractivity contribution in [3.63, 3.8) is 0 Å². The van der Waals surface area contributed by atoms with E-state index in [0.29, 0.717) is 17.9 Å². The number of nitrogens with zero attached hydrogens (tertiary/aromatic N) is 2. The summed E-state index contributed by atoms with van der Waals surface area (Å²) in [6.45, 7) is 2.32. The summed E-state index contributed by atoms with van der Waals surface area (Å²) in [7, 11) is 1.83. The molecule has 0 radical (unpaired) electrons. The molecule has 0 unspecified atom stereocenters. The monoisotopic (exact) mass is 269 g/mol. The summed E-state index contributed by atoms with van der Waals surface area (Å²) < 4.78 is 39.0. The van der Waals surface area contributed by atoms with Crippen LogP contribution in [0.15, 0.2) is 30.3 Å². The first-order chi connectivity index (χ1) is 8.91. The summed E-state index contributed by atoms with van der Waals surface area (Å²) in [5.41, 5.74) is 1.26. The van der Waals surface area contributed by atoms with Gasteiger partial charge < -0.3 is 5.32 Å². The smallest absolute Gasteiger partial charge is 0.316 e. The first-order valence-electron chi connectivity index (χ1n) is 5.79. The van der Waals surface area contributed by atoms with Gasteiger partial charge in [0, 0.05) is 12.2 Å². The first-order valence-corrected chi connectivity index (χ1v) is 5.79. The predicted molar refractivity (Wildman–Crippen MR) is 66.1 cm³/mol. The number of nitrogens with one attached hydrogen (secondary N) is 1. The maximum atomic E-state index is 12.6. The molecule has 6 heteroatoms. The van der Waals surface area contributed by atoms with E-state index < -0.39 is 11.9 Å². The maximum Gasteiger partial charge on any atom is 0.435 e. The molecule has 0 aliphatic rings. The number of halogens is 3. The molecule has 0 atom stereocenters. The average Bonchev–Trinajstić information content (AvgIpc) is 2.73. The highest BCUT2D eigenvalue weighted by Gasteiger charge is 2.34. The molecule has 0 fully saturated rings. The molecular weight excluding hydrogens is 255 g/mol. The fourth-order valence-corrected chi connectivity index (χ4v) is 1.83. The zero-order chi connectivity index (χ0) is 14.0. The van der Waals surface area contributed by atoms with Crippen LogP contribution in [-0.2, 0) is 12.7 Å². The van der Waals surface area contributed by atoms with Crippen molar-refractivity contribution in [3.8, 4) is 5.69 Å². The zero-order valence-corrected chi connectivity index (χ0v) is 10.6. The van der Waals surface area contributed by atoms with Crippen LogP contribution in [0.5, 0.6) is 0 Å². The van der Waals surface area contributed by atoms with Crippen LogP contribution in [0.4, 0.5) is 13.2 Å². The molecule has 0 amide bonds. The molecule has 102 valence electrons. The lowest BCUT2D eigenvalue weighted by Gasteiger charge is -2.06. The third kappa shape index (κ3) is 2.96. The Balaban J connectivity index is 2.34. The fraction of sp³-hybridized carbons (Fsp3) is 0.308. The quantitative estimate of drug-likeness (QED) is 0.928. The molecule has 1 N–H and O–H groups in total. The van der Waals surface area contributed by atoms with Crippen molar-refractivity contribution in [1.29, 1.82) is 0 Å². The van der Waals surface area contributed by atoms with E-state index in [9.17, 15) is 13.2 Å². The molecule has 0 aliphatic heterocycles. The van der Waals surface area contributed by atoms with E-state index >= 15 is 0 Å². The highest BCUT2D eigenvalue weighted by molar-refractivity contribution is 5.36. The van der Waals surface area contributed by atoms with Crippen LogP contribution in [0.25, 0.3) is 5.69 Å². The number of hydrogen-bond donors (Lipinski definition) is 1. The third-order valence-electron chi connectivity index (χ3n) is 2.74. The van der Waals surface area contributed by atoms with Gasteiger partial charge in [-0.15, -0.1) is 0 Å². The standard InChI is InChI=1S/C13H14F3N3/c1-9-7-12(13(14,15)16)18-19(9)11-5-3-10(4-6-11)8-17-2/h3-7,17H,8H2,1-2H3. The molecule has 0 saturated heterocycles. The molecule has 1 heterocycles. The first kappa shape index (κ1) is 13.6. The van der Waals surface area contributed by atoms with Gasteiger partial charge in [-0.25, -0.2) is 4.68 Å². The SMILES string of the molecule is CNCc1ccc(-n2nc(C(F)(F)F)cc2C)cc1. The van der Waals surface area contributed by atoms with Crippen molar-refractivity contribution < 1.29 is 13.2 Å². The van der Waals surface area contributed by atoms with Crippen molar-refractivity contribution in [1.82, 2.24) is 15.1 Å². The Morgan fingerprint density at radius 1 is 1.21 bits per heavy atom. The van der Waals surface area contributed by atoms with Crippen molar-refractivity contribution in [2.75, 3.05) is 7.05 Å². The normalized spacial score (nSPS) is 11.8. The number of alkyl halides is 3. The van der Waals surface area contributed by atoms with Crippen LogP contribution in [0, 0.1) is 6.92 Å². The number of hydrogen-bond acceptors (Lipinski definition) is 2. The number of aryl methyl sites for hydroxylation is 1. The predicted octanol–water partition coefficient (Wildman–Crippen LogP) is 2.92. The van der Waals surface area contributed by atoms with Crippen LogP contribution >= 0.6 is 0 Å². The fourth-order valence-electron chi connectivity index (χ4n) is 1.83. The highest BCUT2D eigenvalue weighted by Crippen LogP contribution is 2.29. The highest BCUT2D eigenvalue weighted by atomic mass is 19.4. The Kier molecular flexibility index (Phi) is 3.61. The molecule has 1 aromatic carbocycles. The number of aromatic nitrogens is 2. The van der Waals surface area contributed by atoms with E-state index in [4.69, 9.17) is 0 Å². The summed E-state index contributed by atoms with van der Waals surface area (Å²) >= 11 is 0. The Labute approximate surface area is 109 Å². The molecule has 3 nitrogen and oxygen atoms in total. The second kappa shape index (κ2) is 5.05. The van der Waals surface area contributed by atoms with Gasteiger partial charge in [-0.1, -0.05) is 12.1 Å². The molecule has 2 aromatic rings. The summed E-state index contributed by atoms with van der Waals surface area (Å²) in [6.07, 6.45) is -4.41. The molecule has 2 rings (SSSR count). The summed E-state index contributed by atoms with van der Waals surface area (Å²) in [5.74, 6) is 0. The van der Waals surface area contributed by atoms with Crippen LogP contribution in [0.3, 0.4) is 0 Å². The Morgan fingerprint density at radius 3 is 2.32 bits per heavy atom. The van der Waals surface area contributed by atoms with Gasteiger partial charge >= 0.3 is 6.18 Å². The van der Waals surface area contributed by atoms with Gasteiger partial charge in [-0.05, 0) is 37.7 Å². The molecule has 0 saturated carbocycles. The van der Waals surface area contributed by atoms with Crippen LogP contribution in [0.2, 0.25) is 0 Å². The van der Waals surface area contributed by atoms with E-state index in [1.807, 2.05) is 19.2 Å². The van der Waals surface area contributed by atoms with Gasteiger partial charge in [0.1, 0.15) is 0 Å². The van der Waals surface area contributed by atoms with Gasteiger partial charge in [0.05, 0.1) is 5.69 Å². The van der Waals surface area contributed by atoms with Gasteiger partial charge in [0.25, 0.3) is 0 Å². The largest absolute Gasteiger partial charge is 0.435 e. The molecule has 1 aromatic heterocycles. The van der Waals surface area contributed by atoms with Crippen LogP contribution in [-0.4, -0.2) is 16.8 Å². The molecule has 0 spiro atoms. The van der Waals surface area contributed by atoms with Gasteiger partial charge in [-0.2, -0.15) is 18.3 Å². The van der Waals surface area contributed by atoms with Crippen molar-refractivity contribution >= 4 is 0 Å². The lowest BCUT2D eigenvalue weighted by Crippen LogP contribution is -2.08. The van der Waals surface area contributed by atoms with E-state index in [1.54, 1.807) is 19.1 Å². The third-order valence-corrected chi connectivity index (χ3v) is 2.74. The Morgan fingerprint density at radius 2 is 1.84 bits per heavy atom. The zero-order valence-electron chi connectivity index (χ0n) is 10.6. The average molecular weight is 269 g/mol. The van der Waals surface area contributed by atoms with E-state index in [0.717, 1.165) is 11.6 Å². The lowest BCUT2D eigenvalue weighted by molar-refractivity contribution is -0.141. The van der Waals surface area contributed by atoms with E-state index in [-0.39, 0.29) is 0 Å². The summed E-state index contributed by atoms with van der Waals surface area (Å²) in [6, 6.07) is 8.28.